The molecule has 40 heavy (non-hydrogen) atoms. The zero-order chi connectivity index (χ0) is 29.2. The van der Waals surface area contributed by atoms with Crippen LogP contribution in [0.15, 0.2) is 0 Å². The van der Waals surface area contributed by atoms with Gasteiger partial charge in [0.05, 0.1) is 146 Å². The van der Waals surface area contributed by atoms with Gasteiger partial charge in [-0.2, -0.15) is 0 Å². The van der Waals surface area contributed by atoms with Crippen LogP contribution in [0.5, 0.6) is 0 Å². The summed E-state index contributed by atoms with van der Waals surface area (Å²) < 4.78 is 63.0. The van der Waals surface area contributed by atoms with E-state index in [9.17, 15) is 9.59 Å². The molecule has 0 aromatic rings. The SMILES string of the molecule is COC(=O)CCOCCOCCOCCOCCOCCOCCOCCOCCOCCOCCOC(C)=O. The minimum atomic E-state index is -0.314. The Morgan fingerprint density at radius 2 is 0.600 bits per heavy atom. The molecule has 0 saturated heterocycles. The molecule has 0 aliphatic carbocycles. The van der Waals surface area contributed by atoms with Crippen LogP contribution in [0.25, 0.3) is 0 Å². The van der Waals surface area contributed by atoms with Gasteiger partial charge in [0.2, 0.25) is 0 Å². The summed E-state index contributed by atoms with van der Waals surface area (Å²) in [5.41, 5.74) is 0. The zero-order valence-electron chi connectivity index (χ0n) is 24.3. The Balaban J connectivity index is 3.05. The first kappa shape index (κ1) is 38.5. The number of hydrogen-bond donors (Lipinski definition) is 0. The highest BCUT2D eigenvalue weighted by Crippen LogP contribution is 1.88. The third-order valence-corrected chi connectivity index (χ3v) is 4.56. The van der Waals surface area contributed by atoms with Gasteiger partial charge in [0, 0.05) is 6.92 Å². The van der Waals surface area contributed by atoms with Crippen molar-refractivity contribution in [2.75, 3.05) is 146 Å². The number of methoxy groups -OCH3 is 1. The largest absolute Gasteiger partial charge is 0.469 e. The molecule has 0 spiro atoms. The quantitative estimate of drug-likeness (QED) is 0.0766. The van der Waals surface area contributed by atoms with Crippen molar-refractivity contribution in [1.82, 2.24) is 0 Å². The van der Waals surface area contributed by atoms with E-state index in [1.165, 1.54) is 14.0 Å². The van der Waals surface area contributed by atoms with E-state index in [1.54, 1.807) is 0 Å². The van der Waals surface area contributed by atoms with Crippen LogP contribution >= 0.6 is 0 Å². The second-order valence-corrected chi connectivity index (χ2v) is 7.79. The first-order chi connectivity index (χ1) is 19.7. The van der Waals surface area contributed by atoms with Crippen molar-refractivity contribution in [2.24, 2.45) is 0 Å². The van der Waals surface area contributed by atoms with E-state index in [1.807, 2.05) is 0 Å². The van der Waals surface area contributed by atoms with Crippen LogP contribution in [0.3, 0.4) is 0 Å². The third kappa shape index (κ3) is 34.6. The molecule has 0 aromatic carbocycles. The van der Waals surface area contributed by atoms with Crippen LogP contribution < -0.4 is 0 Å². The van der Waals surface area contributed by atoms with Gasteiger partial charge in [0.25, 0.3) is 0 Å². The summed E-state index contributed by atoms with van der Waals surface area (Å²) in [4.78, 5) is 21.5. The third-order valence-electron chi connectivity index (χ3n) is 4.56. The van der Waals surface area contributed by atoms with Crippen molar-refractivity contribution < 1.29 is 66.4 Å². The van der Waals surface area contributed by atoms with Gasteiger partial charge < -0.3 is 56.8 Å². The molecule has 0 aromatic heterocycles. The van der Waals surface area contributed by atoms with Gasteiger partial charge in [-0.05, 0) is 0 Å². The first-order valence-electron chi connectivity index (χ1n) is 13.6. The summed E-state index contributed by atoms with van der Waals surface area (Å²) in [5.74, 6) is -0.603. The summed E-state index contributed by atoms with van der Waals surface area (Å²) in [5, 5.41) is 0. The minimum Gasteiger partial charge on any atom is -0.469 e. The second-order valence-electron chi connectivity index (χ2n) is 7.79. The fraction of sp³-hybridized carbons (Fsp3) is 0.923. The molecule has 0 aliphatic rings. The maximum absolute atomic E-state index is 10.9. The van der Waals surface area contributed by atoms with E-state index < -0.39 is 0 Å². The number of rotatable bonds is 33. The molecule has 0 rings (SSSR count). The number of carbonyl (C=O) groups is 2. The van der Waals surface area contributed by atoms with Crippen LogP contribution in [0.1, 0.15) is 13.3 Å². The number of ether oxygens (including phenoxy) is 12. The second kappa shape index (κ2) is 33.7. The van der Waals surface area contributed by atoms with E-state index in [2.05, 4.69) is 4.74 Å². The Labute approximate surface area is 238 Å². The number of esters is 2. The molecule has 14 heteroatoms. The maximum Gasteiger partial charge on any atom is 0.307 e. The molecule has 0 saturated carbocycles. The Morgan fingerprint density at radius 1 is 0.375 bits per heavy atom. The summed E-state index contributed by atoms with van der Waals surface area (Å²) in [6.45, 7) is 10.9. The van der Waals surface area contributed by atoms with Crippen LogP contribution in [-0.4, -0.2) is 158 Å². The minimum absolute atomic E-state index is 0.242. The van der Waals surface area contributed by atoms with E-state index in [-0.39, 0.29) is 25.0 Å². The molecule has 0 N–H and O–H groups in total. The fourth-order valence-electron chi connectivity index (χ4n) is 2.58. The molecule has 238 valence electrons. The molecule has 0 atom stereocenters. The average Bonchev–Trinajstić information content (AvgIpc) is 2.95. The highest BCUT2D eigenvalue weighted by atomic mass is 16.6. The molecule has 14 nitrogen and oxygen atoms in total. The van der Waals surface area contributed by atoms with Crippen LogP contribution in [0.2, 0.25) is 0 Å². The van der Waals surface area contributed by atoms with Crippen molar-refractivity contribution in [3.05, 3.63) is 0 Å². The topological polar surface area (TPSA) is 145 Å². The van der Waals surface area contributed by atoms with E-state index >= 15 is 0 Å². The van der Waals surface area contributed by atoms with Crippen molar-refractivity contribution in [3.63, 3.8) is 0 Å². The molecule has 0 amide bonds. The van der Waals surface area contributed by atoms with Crippen LogP contribution in [-0.2, 0) is 66.4 Å². The molecular formula is C26H50O14. The monoisotopic (exact) mass is 586 g/mol. The van der Waals surface area contributed by atoms with Gasteiger partial charge in [0.1, 0.15) is 6.61 Å². The standard InChI is InChI=1S/C26H50O14/c1-25(27)40-24-23-39-22-21-38-20-19-37-18-17-36-16-15-35-14-13-34-12-11-33-10-9-32-8-7-31-6-5-30-4-3-26(28)29-2/h3-24H2,1-2H3. The average molecular weight is 587 g/mol. The zero-order valence-corrected chi connectivity index (χ0v) is 24.3. The molecule has 0 aliphatic heterocycles. The maximum atomic E-state index is 10.9. The Kier molecular flexibility index (Phi) is 32.5. The lowest BCUT2D eigenvalue weighted by atomic mass is 10.5. The normalized spacial score (nSPS) is 11.2. The summed E-state index contributed by atoms with van der Waals surface area (Å²) in [6.07, 6.45) is 0.242. The van der Waals surface area contributed by atoms with E-state index in [0.29, 0.717) is 132 Å². The Bertz CT molecular complexity index is 538. The molecule has 0 radical (unpaired) electrons. The van der Waals surface area contributed by atoms with Gasteiger partial charge in [-0.25, -0.2) is 0 Å². The highest BCUT2D eigenvalue weighted by molar-refractivity contribution is 5.69. The van der Waals surface area contributed by atoms with Gasteiger partial charge in [-0.3, -0.25) is 9.59 Å². The van der Waals surface area contributed by atoms with Crippen LogP contribution in [0, 0.1) is 0 Å². The van der Waals surface area contributed by atoms with E-state index in [4.69, 9.17) is 52.1 Å². The van der Waals surface area contributed by atoms with Gasteiger partial charge >= 0.3 is 11.9 Å². The first-order valence-corrected chi connectivity index (χ1v) is 13.6. The highest BCUT2D eigenvalue weighted by Gasteiger charge is 1.99. The molecule has 0 heterocycles. The van der Waals surface area contributed by atoms with Crippen molar-refractivity contribution in [2.45, 2.75) is 13.3 Å². The molecular weight excluding hydrogens is 536 g/mol. The van der Waals surface area contributed by atoms with Crippen molar-refractivity contribution >= 4 is 11.9 Å². The lowest BCUT2D eigenvalue weighted by Crippen LogP contribution is -2.15. The molecule has 0 unspecified atom stereocenters. The lowest BCUT2D eigenvalue weighted by molar-refractivity contribution is -0.143. The van der Waals surface area contributed by atoms with Crippen LogP contribution in [0.4, 0.5) is 0 Å². The predicted molar refractivity (Wildman–Crippen MR) is 141 cm³/mol. The number of hydrogen-bond acceptors (Lipinski definition) is 14. The predicted octanol–water partition coefficient (Wildman–Crippen LogP) is 0.279. The Morgan fingerprint density at radius 3 is 0.825 bits per heavy atom. The van der Waals surface area contributed by atoms with Gasteiger partial charge in [0.15, 0.2) is 0 Å². The van der Waals surface area contributed by atoms with Crippen molar-refractivity contribution in [1.29, 1.82) is 0 Å². The van der Waals surface area contributed by atoms with Gasteiger partial charge in [-0.15, -0.1) is 0 Å². The summed E-state index contributed by atoms with van der Waals surface area (Å²) in [7, 11) is 1.35. The smallest absolute Gasteiger partial charge is 0.307 e. The Hall–Kier alpha value is -1.46. The number of carbonyl (C=O) groups excluding carboxylic acids is 2. The molecule has 0 bridgehead atoms. The van der Waals surface area contributed by atoms with E-state index in [0.717, 1.165) is 0 Å². The molecule has 0 fully saturated rings. The fourth-order valence-corrected chi connectivity index (χ4v) is 2.58. The lowest BCUT2D eigenvalue weighted by Gasteiger charge is -2.09. The van der Waals surface area contributed by atoms with Gasteiger partial charge in [-0.1, -0.05) is 0 Å². The summed E-state index contributed by atoms with van der Waals surface area (Å²) in [6, 6.07) is 0. The van der Waals surface area contributed by atoms with Crippen molar-refractivity contribution in [3.8, 4) is 0 Å². The summed E-state index contributed by atoms with van der Waals surface area (Å²) >= 11 is 0.